The Kier molecular flexibility index (Phi) is 7.39. The minimum atomic E-state index is 0.109. The summed E-state index contributed by atoms with van der Waals surface area (Å²) in [5, 5.41) is 9.49. The van der Waals surface area contributed by atoms with E-state index in [2.05, 4.69) is 20.9 Å². The molecule has 1 aromatic carbocycles. The van der Waals surface area contributed by atoms with Gasteiger partial charge in [-0.05, 0) is 30.5 Å². The molecule has 0 aliphatic heterocycles. The van der Waals surface area contributed by atoms with Crippen LogP contribution >= 0.6 is 0 Å². The molecule has 0 aromatic heterocycles. The van der Waals surface area contributed by atoms with Crippen LogP contribution in [0.1, 0.15) is 37.7 Å². The first-order valence-corrected chi connectivity index (χ1v) is 8.58. The molecule has 6 heteroatoms. The lowest BCUT2D eigenvalue weighted by molar-refractivity contribution is -0.121. The number of amides is 1. The van der Waals surface area contributed by atoms with Gasteiger partial charge in [0, 0.05) is 32.6 Å². The van der Waals surface area contributed by atoms with Crippen LogP contribution in [0.15, 0.2) is 29.3 Å². The predicted octanol–water partition coefficient (Wildman–Crippen LogP) is 1.81. The van der Waals surface area contributed by atoms with E-state index in [4.69, 9.17) is 4.74 Å². The summed E-state index contributed by atoms with van der Waals surface area (Å²) < 4.78 is 5.22. The summed E-state index contributed by atoms with van der Waals surface area (Å²) in [5.74, 6) is 1.63. The van der Waals surface area contributed by atoms with Gasteiger partial charge in [0.25, 0.3) is 0 Å². The van der Waals surface area contributed by atoms with Crippen molar-refractivity contribution in [2.75, 3.05) is 20.7 Å². The Morgan fingerprint density at radius 2 is 2.08 bits per heavy atom. The fourth-order valence-electron chi connectivity index (χ4n) is 2.85. The highest BCUT2D eigenvalue weighted by Crippen LogP contribution is 2.17. The second kappa shape index (κ2) is 9.80. The lowest BCUT2D eigenvalue weighted by Crippen LogP contribution is -2.40. The van der Waals surface area contributed by atoms with Crippen molar-refractivity contribution in [1.82, 2.24) is 16.0 Å². The van der Waals surface area contributed by atoms with Crippen LogP contribution < -0.4 is 20.7 Å². The van der Waals surface area contributed by atoms with Crippen LogP contribution in [-0.4, -0.2) is 38.6 Å². The van der Waals surface area contributed by atoms with E-state index in [0.717, 1.165) is 24.2 Å². The smallest absolute Gasteiger partial charge is 0.221 e. The van der Waals surface area contributed by atoms with Gasteiger partial charge in [0.15, 0.2) is 5.96 Å². The molecule has 1 amide bonds. The molecular formula is C18H28N4O2. The van der Waals surface area contributed by atoms with Crippen molar-refractivity contribution in [2.24, 2.45) is 4.99 Å². The van der Waals surface area contributed by atoms with Gasteiger partial charge in [0.1, 0.15) is 5.75 Å². The standard InChI is InChI=1S/C18H28N4O2/c1-19-18(21-13-14-6-5-9-16(12-14)24-2)20-11-10-17(23)22-15-7-3-4-8-15/h5-6,9,12,15H,3-4,7-8,10-11,13H2,1-2H3,(H,22,23)(H2,19,20,21). The molecule has 0 spiro atoms. The third-order valence-corrected chi connectivity index (χ3v) is 4.18. The number of guanidine groups is 1. The van der Waals surface area contributed by atoms with Crippen molar-refractivity contribution in [3.05, 3.63) is 29.8 Å². The summed E-state index contributed by atoms with van der Waals surface area (Å²) in [6, 6.07) is 8.26. The Labute approximate surface area is 144 Å². The number of nitrogens with one attached hydrogen (secondary N) is 3. The maximum absolute atomic E-state index is 11.9. The van der Waals surface area contributed by atoms with Gasteiger partial charge in [-0.25, -0.2) is 0 Å². The fourth-order valence-corrected chi connectivity index (χ4v) is 2.85. The molecular weight excluding hydrogens is 304 g/mol. The molecule has 0 heterocycles. The SMILES string of the molecule is CN=C(NCCC(=O)NC1CCCC1)NCc1cccc(OC)c1. The number of benzene rings is 1. The molecule has 3 N–H and O–H groups in total. The van der Waals surface area contributed by atoms with E-state index in [1.54, 1.807) is 14.2 Å². The van der Waals surface area contributed by atoms with Gasteiger partial charge in [-0.1, -0.05) is 25.0 Å². The largest absolute Gasteiger partial charge is 0.497 e. The molecule has 1 saturated carbocycles. The maximum Gasteiger partial charge on any atom is 0.221 e. The van der Waals surface area contributed by atoms with Crippen LogP contribution in [0.3, 0.4) is 0 Å². The van der Waals surface area contributed by atoms with E-state index in [0.29, 0.717) is 31.5 Å². The first kappa shape index (κ1) is 18.1. The van der Waals surface area contributed by atoms with Crippen LogP contribution in [0, 0.1) is 0 Å². The molecule has 1 aromatic rings. The molecule has 1 aliphatic rings. The molecule has 1 aliphatic carbocycles. The highest BCUT2D eigenvalue weighted by molar-refractivity contribution is 5.81. The zero-order valence-corrected chi connectivity index (χ0v) is 14.6. The van der Waals surface area contributed by atoms with Crippen molar-refractivity contribution in [2.45, 2.75) is 44.7 Å². The quantitative estimate of drug-likeness (QED) is 0.526. The molecule has 0 atom stereocenters. The highest BCUT2D eigenvalue weighted by Gasteiger charge is 2.16. The minimum absolute atomic E-state index is 0.109. The minimum Gasteiger partial charge on any atom is -0.497 e. The van der Waals surface area contributed by atoms with Crippen molar-refractivity contribution in [3.8, 4) is 5.75 Å². The van der Waals surface area contributed by atoms with E-state index in [1.165, 1.54) is 12.8 Å². The van der Waals surface area contributed by atoms with E-state index < -0.39 is 0 Å². The average Bonchev–Trinajstić information content (AvgIpc) is 3.11. The molecule has 2 rings (SSSR count). The first-order chi connectivity index (χ1) is 11.7. The average molecular weight is 332 g/mol. The number of rotatable bonds is 7. The number of carbonyl (C=O) groups excluding carboxylic acids is 1. The van der Waals surface area contributed by atoms with Gasteiger partial charge in [-0.3, -0.25) is 9.79 Å². The van der Waals surface area contributed by atoms with Crippen molar-refractivity contribution in [3.63, 3.8) is 0 Å². The summed E-state index contributed by atoms with van der Waals surface area (Å²) in [4.78, 5) is 16.1. The van der Waals surface area contributed by atoms with Gasteiger partial charge in [-0.2, -0.15) is 0 Å². The Hall–Kier alpha value is -2.24. The number of hydrogen-bond donors (Lipinski definition) is 3. The number of methoxy groups -OCH3 is 1. The Morgan fingerprint density at radius 3 is 2.79 bits per heavy atom. The summed E-state index contributed by atoms with van der Waals surface area (Å²) in [6.07, 6.45) is 5.14. The van der Waals surface area contributed by atoms with E-state index in [9.17, 15) is 4.79 Å². The Morgan fingerprint density at radius 1 is 1.29 bits per heavy atom. The summed E-state index contributed by atoms with van der Waals surface area (Å²) in [6.45, 7) is 1.21. The van der Waals surface area contributed by atoms with Crippen molar-refractivity contribution >= 4 is 11.9 Å². The van der Waals surface area contributed by atoms with Gasteiger partial charge in [0.2, 0.25) is 5.91 Å². The molecule has 0 saturated heterocycles. The number of ether oxygens (including phenoxy) is 1. The second-order valence-electron chi connectivity index (χ2n) is 6.00. The second-order valence-corrected chi connectivity index (χ2v) is 6.00. The molecule has 1 fully saturated rings. The van der Waals surface area contributed by atoms with Gasteiger partial charge in [0.05, 0.1) is 7.11 Å². The van der Waals surface area contributed by atoms with E-state index >= 15 is 0 Å². The maximum atomic E-state index is 11.9. The number of aliphatic imine (C=N–C) groups is 1. The van der Waals surface area contributed by atoms with Crippen LogP contribution in [0.2, 0.25) is 0 Å². The highest BCUT2D eigenvalue weighted by atomic mass is 16.5. The zero-order chi connectivity index (χ0) is 17.2. The predicted molar refractivity (Wildman–Crippen MR) is 96.2 cm³/mol. The monoisotopic (exact) mass is 332 g/mol. The number of hydrogen-bond acceptors (Lipinski definition) is 3. The van der Waals surface area contributed by atoms with E-state index in [1.807, 2.05) is 24.3 Å². The first-order valence-electron chi connectivity index (χ1n) is 8.58. The van der Waals surface area contributed by atoms with Gasteiger partial charge < -0.3 is 20.7 Å². The zero-order valence-electron chi connectivity index (χ0n) is 14.6. The third kappa shape index (κ3) is 6.10. The van der Waals surface area contributed by atoms with Gasteiger partial charge in [-0.15, -0.1) is 0 Å². The molecule has 132 valence electrons. The fraction of sp³-hybridized carbons (Fsp3) is 0.556. The Balaban J connectivity index is 1.67. The van der Waals surface area contributed by atoms with Crippen LogP contribution in [0.5, 0.6) is 5.75 Å². The molecule has 6 nitrogen and oxygen atoms in total. The lowest BCUT2D eigenvalue weighted by atomic mass is 10.2. The van der Waals surface area contributed by atoms with Crippen molar-refractivity contribution in [1.29, 1.82) is 0 Å². The molecule has 24 heavy (non-hydrogen) atoms. The van der Waals surface area contributed by atoms with Gasteiger partial charge >= 0.3 is 0 Å². The van der Waals surface area contributed by atoms with Crippen LogP contribution in [0.25, 0.3) is 0 Å². The topological polar surface area (TPSA) is 74.8 Å². The third-order valence-electron chi connectivity index (χ3n) is 4.18. The van der Waals surface area contributed by atoms with E-state index in [-0.39, 0.29) is 5.91 Å². The molecule has 0 bridgehead atoms. The van der Waals surface area contributed by atoms with Crippen LogP contribution in [-0.2, 0) is 11.3 Å². The number of nitrogens with zero attached hydrogens (tertiary/aromatic N) is 1. The number of carbonyl (C=O) groups is 1. The van der Waals surface area contributed by atoms with Crippen LogP contribution in [0.4, 0.5) is 0 Å². The molecule has 0 radical (unpaired) electrons. The normalized spacial score (nSPS) is 15.2. The summed E-state index contributed by atoms with van der Waals surface area (Å²) >= 11 is 0. The summed E-state index contributed by atoms with van der Waals surface area (Å²) in [5.41, 5.74) is 1.11. The molecule has 0 unspecified atom stereocenters. The van der Waals surface area contributed by atoms with Crippen molar-refractivity contribution < 1.29 is 9.53 Å². The Bertz CT molecular complexity index is 554. The lowest BCUT2D eigenvalue weighted by Gasteiger charge is -2.14. The summed E-state index contributed by atoms with van der Waals surface area (Å²) in [7, 11) is 3.38.